The van der Waals surface area contributed by atoms with Gasteiger partial charge in [0.25, 0.3) is 0 Å². The predicted molar refractivity (Wildman–Crippen MR) is 129 cm³/mol. The number of hydrogen-bond acceptors (Lipinski definition) is 8. The van der Waals surface area contributed by atoms with Gasteiger partial charge in [0.05, 0.1) is 11.8 Å². The fraction of sp³-hybridized carbons (Fsp3) is 0.654. The standard InChI is InChI=1S/C26H36N2O8/c1-16(29)27-12-18-3-7-20(8-4-18)25(32)35-14-22-11-23(31)24(15-34-22)36-26(33)21-9-5-19(6-10-21)13-28-17(2)30/h11,15,18-21H,3-10,12-14H2,1-2H3,(H,27,29)(H,28,30). The minimum atomic E-state index is -0.515. The van der Waals surface area contributed by atoms with E-state index in [9.17, 15) is 24.0 Å². The number of nitrogens with one attached hydrogen (secondary N) is 2. The van der Waals surface area contributed by atoms with Crippen molar-refractivity contribution < 1.29 is 33.1 Å². The van der Waals surface area contributed by atoms with Gasteiger partial charge >= 0.3 is 11.9 Å². The summed E-state index contributed by atoms with van der Waals surface area (Å²) in [4.78, 5) is 59.4. The maximum atomic E-state index is 12.5. The van der Waals surface area contributed by atoms with Crippen molar-refractivity contribution in [2.24, 2.45) is 23.7 Å². The molecule has 2 N–H and O–H groups in total. The van der Waals surface area contributed by atoms with Crippen molar-refractivity contribution in [2.45, 2.75) is 71.8 Å². The Bertz CT molecular complexity index is 988. The van der Waals surface area contributed by atoms with Gasteiger partial charge in [-0.2, -0.15) is 0 Å². The van der Waals surface area contributed by atoms with Crippen LogP contribution in [-0.4, -0.2) is 36.8 Å². The van der Waals surface area contributed by atoms with Crippen molar-refractivity contribution in [3.05, 3.63) is 28.3 Å². The van der Waals surface area contributed by atoms with E-state index < -0.39 is 11.4 Å². The maximum Gasteiger partial charge on any atom is 0.314 e. The van der Waals surface area contributed by atoms with Crippen LogP contribution in [0.4, 0.5) is 0 Å². The largest absolute Gasteiger partial charge is 0.462 e. The highest BCUT2D eigenvalue weighted by Crippen LogP contribution is 2.30. The van der Waals surface area contributed by atoms with Gasteiger partial charge < -0.3 is 24.5 Å². The summed E-state index contributed by atoms with van der Waals surface area (Å²) < 4.78 is 16.0. The summed E-state index contributed by atoms with van der Waals surface area (Å²) in [5, 5.41) is 5.62. The molecule has 198 valence electrons. The molecule has 1 aromatic rings. The molecule has 3 rings (SSSR count). The van der Waals surface area contributed by atoms with E-state index in [2.05, 4.69) is 10.6 Å². The lowest BCUT2D eigenvalue weighted by atomic mass is 9.82. The molecule has 0 radical (unpaired) electrons. The third kappa shape index (κ3) is 8.49. The molecular weight excluding hydrogens is 468 g/mol. The van der Waals surface area contributed by atoms with Gasteiger partial charge in [-0.05, 0) is 63.2 Å². The van der Waals surface area contributed by atoms with E-state index in [1.165, 1.54) is 19.9 Å². The molecule has 0 bridgehead atoms. The van der Waals surface area contributed by atoms with Gasteiger partial charge in [-0.15, -0.1) is 0 Å². The number of carbonyl (C=O) groups is 4. The van der Waals surface area contributed by atoms with Crippen LogP contribution in [-0.2, 0) is 30.5 Å². The Kier molecular flexibility index (Phi) is 10.1. The number of ether oxygens (including phenoxy) is 2. The number of rotatable bonds is 9. The highest BCUT2D eigenvalue weighted by Gasteiger charge is 2.29. The molecule has 0 aliphatic heterocycles. The average molecular weight is 505 g/mol. The summed E-state index contributed by atoms with van der Waals surface area (Å²) >= 11 is 0. The lowest BCUT2D eigenvalue weighted by Crippen LogP contribution is -2.32. The van der Waals surface area contributed by atoms with Crippen LogP contribution in [0.1, 0.15) is 71.0 Å². The quantitative estimate of drug-likeness (QED) is 0.489. The van der Waals surface area contributed by atoms with E-state index >= 15 is 0 Å². The van der Waals surface area contributed by atoms with Gasteiger partial charge in [-0.3, -0.25) is 24.0 Å². The second kappa shape index (κ2) is 13.2. The Morgan fingerprint density at radius 3 is 1.81 bits per heavy atom. The molecule has 0 aromatic carbocycles. The van der Waals surface area contributed by atoms with Crippen LogP contribution < -0.4 is 20.8 Å². The maximum absolute atomic E-state index is 12.5. The highest BCUT2D eigenvalue weighted by atomic mass is 16.6. The fourth-order valence-corrected chi connectivity index (χ4v) is 4.82. The third-order valence-electron chi connectivity index (χ3n) is 7.06. The summed E-state index contributed by atoms with van der Waals surface area (Å²) in [5.41, 5.74) is -0.515. The molecule has 2 amide bonds. The highest BCUT2D eigenvalue weighted by molar-refractivity contribution is 5.75. The molecule has 0 unspecified atom stereocenters. The smallest absolute Gasteiger partial charge is 0.314 e. The number of esters is 2. The molecule has 0 spiro atoms. The molecule has 10 heteroatoms. The van der Waals surface area contributed by atoms with Gasteiger partial charge in [-0.1, -0.05) is 0 Å². The monoisotopic (exact) mass is 504 g/mol. The van der Waals surface area contributed by atoms with Crippen LogP contribution in [0.15, 0.2) is 21.5 Å². The van der Waals surface area contributed by atoms with Crippen LogP contribution in [0.2, 0.25) is 0 Å². The van der Waals surface area contributed by atoms with Crippen molar-refractivity contribution in [1.82, 2.24) is 10.6 Å². The first kappa shape index (κ1) is 27.4. The fourth-order valence-electron chi connectivity index (χ4n) is 4.82. The number of amides is 2. The van der Waals surface area contributed by atoms with Crippen molar-refractivity contribution in [3.63, 3.8) is 0 Å². The molecule has 1 aromatic heterocycles. The Labute approximate surface area is 210 Å². The van der Waals surface area contributed by atoms with Gasteiger partial charge in [0.15, 0.2) is 0 Å². The first-order valence-corrected chi connectivity index (χ1v) is 12.7. The zero-order chi connectivity index (χ0) is 26.1. The number of carbonyl (C=O) groups excluding carboxylic acids is 4. The van der Waals surface area contributed by atoms with Crippen molar-refractivity contribution in [1.29, 1.82) is 0 Å². The molecule has 2 fully saturated rings. The van der Waals surface area contributed by atoms with Crippen LogP contribution in [0.25, 0.3) is 0 Å². The Morgan fingerprint density at radius 1 is 0.833 bits per heavy atom. The predicted octanol–water partition coefficient (Wildman–Crippen LogP) is 2.47. The summed E-state index contributed by atoms with van der Waals surface area (Å²) in [6, 6.07) is 1.17. The average Bonchev–Trinajstić information content (AvgIpc) is 2.86. The van der Waals surface area contributed by atoms with Gasteiger partial charge in [0.2, 0.25) is 23.0 Å². The van der Waals surface area contributed by atoms with Crippen LogP contribution in [0.5, 0.6) is 5.75 Å². The molecule has 1 heterocycles. The third-order valence-corrected chi connectivity index (χ3v) is 7.06. The van der Waals surface area contributed by atoms with Gasteiger partial charge in [0, 0.05) is 33.0 Å². The zero-order valence-electron chi connectivity index (χ0n) is 21.0. The van der Waals surface area contributed by atoms with E-state index in [-0.39, 0.29) is 47.7 Å². The molecule has 36 heavy (non-hydrogen) atoms. The van der Waals surface area contributed by atoms with E-state index in [1.54, 1.807) is 0 Å². The lowest BCUT2D eigenvalue weighted by molar-refractivity contribution is -0.152. The van der Waals surface area contributed by atoms with Crippen molar-refractivity contribution in [2.75, 3.05) is 13.1 Å². The lowest BCUT2D eigenvalue weighted by Gasteiger charge is -2.27. The van der Waals surface area contributed by atoms with Crippen LogP contribution >= 0.6 is 0 Å². The number of hydrogen-bond donors (Lipinski definition) is 2. The summed E-state index contributed by atoms with van der Waals surface area (Å²) in [6.07, 6.45) is 7.02. The molecule has 0 atom stereocenters. The molecular formula is C26H36N2O8. The van der Waals surface area contributed by atoms with Gasteiger partial charge in [-0.25, -0.2) is 0 Å². The van der Waals surface area contributed by atoms with Crippen LogP contribution in [0, 0.1) is 23.7 Å². The topological polar surface area (TPSA) is 141 Å². The van der Waals surface area contributed by atoms with Gasteiger partial charge in [0.1, 0.15) is 18.6 Å². The summed E-state index contributed by atoms with van der Waals surface area (Å²) in [6.45, 7) is 4.02. The van der Waals surface area contributed by atoms with E-state index in [4.69, 9.17) is 13.9 Å². The summed E-state index contributed by atoms with van der Waals surface area (Å²) in [5.74, 6) is -0.739. The molecule has 2 aliphatic rings. The Morgan fingerprint density at radius 2 is 1.33 bits per heavy atom. The van der Waals surface area contributed by atoms with E-state index in [1.807, 2.05) is 0 Å². The van der Waals surface area contributed by atoms with Crippen molar-refractivity contribution in [3.8, 4) is 5.75 Å². The van der Waals surface area contributed by atoms with E-state index in [0.717, 1.165) is 31.9 Å². The van der Waals surface area contributed by atoms with Crippen molar-refractivity contribution >= 4 is 23.8 Å². The summed E-state index contributed by atoms with van der Waals surface area (Å²) in [7, 11) is 0. The van der Waals surface area contributed by atoms with Crippen LogP contribution in [0.3, 0.4) is 0 Å². The first-order chi connectivity index (χ1) is 17.2. The molecule has 0 saturated heterocycles. The minimum Gasteiger partial charge on any atom is -0.462 e. The Hall–Kier alpha value is -3.17. The molecule has 10 nitrogen and oxygen atoms in total. The minimum absolute atomic E-state index is 0.0545. The Balaban J connectivity index is 1.40. The zero-order valence-corrected chi connectivity index (χ0v) is 21.0. The first-order valence-electron chi connectivity index (χ1n) is 12.7. The normalized spacial score (nSPS) is 23.8. The second-order valence-electron chi connectivity index (χ2n) is 9.91. The SMILES string of the molecule is CC(=O)NCC1CCC(C(=O)OCc2cc(=O)c(OC(=O)C3CCC(CNC(C)=O)CC3)co2)CC1. The second-order valence-corrected chi connectivity index (χ2v) is 9.91. The molecule has 2 saturated carbocycles. The van der Waals surface area contributed by atoms with E-state index in [0.29, 0.717) is 50.6 Å². The molecule has 2 aliphatic carbocycles.